The molecular weight excluding hydrogens is 588 g/mol. The van der Waals surface area contributed by atoms with E-state index in [-0.39, 0.29) is 25.9 Å². The van der Waals surface area contributed by atoms with E-state index in [1.807, 2.05) is 54.6 Å². The zero-order chi connectivity index (χ0) is 21.8. The fraction of sp³-hybridized carbons (Fsp3) is 0.0345. The second-order valence-corrected chi connectivity index (χ2v) is 7.43. The van der Waals surface area contributed by atoms with Gasteiger partial charge in [0.25, 0.3) is 0 Å². The molecule has 1 aliphatic rings. The van der Waals surface area contributed by atoms with Crippen molar-refractivity contribution in [1.29, 1.82) is 0 Å². The Hall–Kier alpha value is -3.46. The van der Waals surface area contributed by atoms with Crippen molar-refractivity contribution >= 4 is 0 Å². The van der Waals surface area contributed by atoms with Crippen LogP contribution in [-0.2, 0) is 26.5 Å². The van der Waals surface area contributed by atoms with Crippen molar-refractivity contribution in [3.05, 3.63) is 132 Å². The molecule has 0 saturated heterocycles. The van der Waals surface area contributed by atoms with Gasteiger partial charge in [0.15, 0.2) is 0 Å². The molecule has 0 fully saturated rings. The summed E-state index contributed by atoms with van der Waals surface area (Å²) in [6.07, 6.45) is 4.15. The standard InChI is InChI=1S/C18H11FN.C11H8N.Ir/c19-13-8-9-20-18(11-13)16-7-3-6-15-14-5-2-1-4-12(14)10-17(15)16;1-2-6-10(7-3-1)11-8-4-5-9-12-11;/h1-6,8-9,11H,10H2;1-6,8-9H;/q2*-1;. The molecular formula is C29H19FIrN2-2. The molecule has 0 saturated carbocycles. The topological polar surface area (TPSA) is 25.8 Å². The number of hydrogen-bond donors (Lipinski definition) is 0. The van der Waals surface area contributed by atoms with Crippen LogP contribution in [0.15, 0.2) is 103 Å². The SMILES string of the molecule is Fc1ccnc(-c2[c-]ccc3c2Cc2ccccc2-3)c1.[Ir].[c-]1ccccc1-c1ccccn1. The van der Waals surface area contributed by atoms with Crippen molar-refractivity contribution in [2.24, 2.45) is 0 Å². The molecule has 1 radical (unpaired) electrons. The molecule has 0 amide bonds. The molecule has 0 aliphatic heterocycles. The van der Waals surface area contributed by atoms with Gasteiger partial charge in [-0.05, 0) is 47.1 Å². The van der Waals surface area contributed by atoms with E-state index >= 15 is 0 Å². The van der Waals surface area contributed by atoms with Crippen LogP contribution < -0.4 is 0 Å². The van der Waals surface area contributed by atoms with Gasteiger partial charge < -0.3 is 9.97 Å². The largest absolute Gasteiger partial charge is 0.305 e. The van der Waals surface area contributed by atoms with E-state index < -0.39 is 0 Å². The smallest absolute Gasteiger partial charge is 0.117 e. The van der Waals surface area contributed by atoms with Crippen LogP contribution in [0.4, 0.5) is 4.39 Å². The van der Waals surface area contributed by atoms with Crippen molar-refractivity contribution in [2.75, 3.05) is 0 Å². The van der Waals surface area contributed by atoms with Crippen molar-refractivity contribution in [3.8, 4) is 33.6 Å². The maximum absolute atomic E-state index is 13.4. The van der Waals surface area contributed by atoms with Crippen molar-refractivity contribution in [1.82, 2.24) is 9.97 Å². The van der Waals surface area contributed by atoms with E-state index in [0.717, 1.165) is 23.2 Å². The molecule has 6 rings (SSSR count). The summed E-state index contributed by atoms with van der Waals surface area (Å²) in [4.78, 5) is 8.50. The van der Waals surface area contributed by atoms with E-state index in [0.29, 0.717) is 5.69 Å². The quantitative estimate of drug-likeness (QED) is 0.203. The summed E-state index contributed by atoms with van der Waals surface area (Å²) < 4.78 is 13.4. The molecule has 33 heavy (non-hydrogen) atoms. The van der Waals surface area contributed by atoms with Crippen LogP contribution in [0.3, 0.4) is 0 Å². The Balaban J connectivity index is 0.000000172. The average molecular weight is 607 g/mol. The first kappa shape index (κ1) is 22.7. The molecule has 0 bridgehead atoms. The van der Waals surface area contributed by atoms with Gasteiger partial charge >= 0.3 is 0 Å². The minimum Gasteiger partial charge on any atom is -0.305 e. The molecule has 0 unspecified atom stereocenters. The van der Waals surface area contributed by atoms with E-state index in [9.17, 15) is 4.39 Å². The summed E-state index contributed by atoms with van der Waals surface area (Å²) in [5.74, 6) is -0.267. The molecule has 0 atom stereocenters. The average Bonchev–Trinajstić information content (AvgIpc) is 3.24. The van der Waals surface area contributed by atoms with Gasteiger partial charge in [0.2, 0.25) is 0 Å². The molecule has 5 aromatic rings. The van der Waals surface area contributed by atoms with Crippen molar-refractivity contribution in [3.63, 3.8) is 0 Å². The van der Waals surface area contributed by atoms with Crippen LogP contribution in [0.2, 0.25) is 0 Å². The third-order valence-corrected chi connectivity index (χ3v) is 5.41. The normalized spacial score (nSPS) is 10.8. The predicted octanol–water partition coefficient (Wildman–Crippen LogP) is 6.81. The van der Waals surface area contributed by atoms with Gasteiger partial charge in [0.1, 0.15) is 5.82 Å². The molecule has 163 valence electrons. The maximum Gasteiger partial charge on any atom is 0.117 e. The summed E-state index contributed by atoms with van der Waals surface area (Å²) in [5.41, 5.74) is 8.52. The second-order valence-electron chi connectivity index (χ2n) is 7.43. The first-order valence-corrected chi connectivity index (χ1v) is 10.4. The zero-order valence-corrected chi connectivity index (χ0v) is 20.0. The van der Waals surface area contributed by atoms with Gasteiger partial charge in [-0.3, -0.25) is 0 Å². The summed E-state index contributed by atoms with van der Waals surface area (Å²) in [5, 5.41) is 0. The van der Waals surface area contributed by atoms with Crippen LogP contribution in [0.25, 0.3) is 33.6 Å². The number of aromatic nitrogens is 2. The molecule has 2 heterocycles. The van der Waals surface area contributed by atoms with E-state index in [1.54, 1.807) is 6.20 Å². The minimum atomic E-state index is -0.267. The Labute approximate surface area is 206 Å². The first-order chi connectivity index (χ1) is 15.8. The molecule has 2 aromatic heterocycles. The third kappa shape index (κ3) is 4.98. The summed E-state index contributed by atoms with van der Waals surface area (Å²) in [7, 11) is 0. The van der Waals surface area contributed by atoms with Gasteiger partial charge in [-0.15, -0.1) is 65.2 Å². The zero-order valence-electron chi connectivity index (χ0n) is 17.6. The van der Waals surface area contributed by atoms with Gasteiger partial charge in [-0.2, -0.15) is 0 Å². The molecule has 0 N–H and O–H groups in total. The van der Waals surface area contributed by atoms with Crippen LogP contribution in [0, 0.1) is 17.9 Å². The van der Waals surface area contributed by atoms with E-state index in [2.05, 4.69) is 46.4 Å². The van der Waals surface area contributed by atoms with Crippen LogP contribution in [0.1, 0.15) is 11.1 Å². The Bertz CT molecular complexity index is 1320. The van der Waals surface area contributed by atoms with Gasteiger partial charge in [-0.25, -0.2) is 4.39 Å². The monoisotopic (exact) mass is 607 g/mol. The first-order valence-electron chi connectivity index (χ1n) is 10.4. The summed E-state index contributed by atoms with van der Waals surface area (Å²) >= 11 is 0. The number of benzene rings is 3. The fourth-order valence-electron chi connectivity index (χ4n) is 3.94. The predicted molar refractivity (Wildman–Crippen MR) is 125 cm³/mol. The fourth-order valence-corrected chi connectivity index (χ4v) is 3.94. The molecule has 1 aliphatic carbocycles. The Morgan fingerprint density at radius 1 is 0.697 bits per heavy atom. The molecule has 2 nitrogen and oxygen atoms in total. The van der Waals surface area contributed by atoms with Crippen LogP contribution >= 0.6 is 0 Å². The molecule has 3 aromatic carbocycles. The van der Waals surface area contributed by atoms with Gasteiger partial charge in [0.05, 0.1) is 0 Å². The third-order valence-electron chi connectivity index (χ3n) is 5.41. The van der Waals surface area contributed by atoms with Crippen LogP contribution in [-0.4, -0.2) is 9.97 Å². The Kier molecular flexibility index (Phi) is 7.19. The number of fused-ring (bicyclic) bond motifs is 3. The van der Waals surface area contributed by atoms with Crippen molar-refractivity contribution in [2.45, 2.75) is 6.42 Å². The number of nitrogens with zero attached hydrogens (tertiary/aromatic N) is 2. The number of pyridine rings is 2. The van der Waals surface area contributed by atoms with Crippen molar-refractivity contribution < 1.29 is 24.5 Å². The second kappa shape index (κ2) is 10.4. The number of halogens is 1. The summed E-state index contributed by atoms with van der Waals surface area (Å²) in [6.45, 7) is 0. The number of rotatable bonds is 2. The molecule has 4 heteroatoms. The number of hydrogen-bond acceptors (Lipinski definition) is 2. The minimum absolute atomic E-state index is 0. The summed E-state index contributed by atoms with van der Waals surface area (Å²) in [6, 6.07) is 35.2. The van der Waals surface area contributed by atoms with E-state index in [1.165, 1.54) is 40.6 Å². The van der Waals surface area contributed by atoms with E-state index in [4.69, 9.17) is 0 Å². The van der Waals surface area contributed by atoms with Crippen LogP contribution in [0.5, 0.6) is 0 Å². The Morgan fingerprint density at radius 2 is 1.52 bits per heavy atom. The maximum atomic E-state index is 13.4. The van der Waals surface area contributed by atoms with Gasteiger partial charge in [0, 0.05) is 32.5 Å². The van der Waals surface area contributed by atoms with Gasteiger partial charge in [-0.1, -0.05) is 42.0 Å². The molecule has 0 spiro atoms. The Morgan fingerprint density at radius 3 is 2.30 bits per heavy atom.